The highest BCUT2D eigenvalue weighted by molar-refractivity contribution is 4.80. The third-order valence-corrected chi connectivity index (χ3v) is 1.87. The Bertz CT molecular complexity index is 102. The molecule has 0 saturated heterocycles. The van der Waals surface area contributed by atoms with Gasteiger partial charge in [0.1, 0.15) is 5.60 Å². The molecule has 0 aliphatic heterocycles. The summed E-state index contributed by atoms with van der Waals surface area (Å²) in [6.07, 6.45) is 1.59. The lowest BCUT2D eigenvalue weighted by Crippen LogP contribution is -2.42. The van der Waals surface area contributed by atoms with Crippen LogP contribution < -0.4 is 0 Å². The number of aliphatic hydroxyl groups excluding tert-OH is 2. The van der Waals surface area contributed by atoms with E-state index in [-0.39, 0.29) is 0 Å². The second-order valence-corrected chi connectivity index (χ2v) is 3.17. The van der Waals surface area contributed by atoms with Crippen LogP contribution >= 0.6 is 0 Å². The van der Waals surface area contributed by atoms with Gasteiger partial charge >= 0.3 is 0 Å². The summed E-state index contributed by atoms with van der Waals surface area (Å²) in [5.41, 5.74) is -1.34. The minimum absolute atomic E-state index is 0.391. The summed E-state index contributed by atoms with van der Waals surface area (Å²) in [5.74, 6) is 0. The molecule has 0 aromatic rings. The van der Waals surface area contributed by atoms with Crippen molar-refractivity contribution in [1.82, 2.24) is 0 Å². The monoisotopic (exact) mass is 162 g/mol. The third kappa shape index (κ3) is 3.70. The average molecular weight is 162 g/mol. The van der Waals surface area contributed by atoms with Gasteiger partial charge in [0.25, 0.3) is 0 Å². The van der Waals surface area contributed by atoms with E-state index in [0.29, 0.717) is 6.42 Å². The van der Waals surface area contributed by atoms with Crippen LogP contribution in [0.15, 0.2) is 0 Å². The Balaban J connectivity index is 3.71. The van der Waals surface area contributed by atoms with Gasteiger partial charge in [-0.2, -0.15) is 0 Å². The van der Waals surface area contributed by atoms with E-state index in [0.717, 1.165) is 12.8 Å². The molecule has 3 nitrogen and oxygen atoms in total. The standard InChI is InChI=1S/C8H18O3/c1-3-4-5-7(10)8(2,11)6-9/h7,9-11H,3-6H2,1-2H3/t7-,8-/m0/s1. The zero-order chi connectivity index (χ0) is 8.91. The molecule has 0 radical (unpaired) electrons. The molecule has 0 aromatic carbocycles. The molecule has 0 spiro atoms. The van der Waals surface area contributed by atoms with Crippen molar-refractivity contribution in [3.63, 3.8) is 0 Å². The summed E-state index contributed by atoms with van der Waals surface area (Å²) >= 11 is 0. The maximum absolute atomic E-state index is 9.32. The Morgan fingerprint density at radius 1 is 1.45 bits per heavy atom. The Hall–Kier alpha value is -0.120. The third-order valence-electron chi connectivity index (χ3n) is 1.87. The predicted octanol–water partition coefficient (Wildman–Crippen LogP) is 0.281. The van der Waals surface area contributed by atoms with Gasteiger partial charge in [0.2, 0.25) is 0 Å². The highest BCUT2D eigenvalue weighted by atomic mass is 16.4. The van der Waals surface area contributed by atoms with Crippen molar-refractivity contribution in [3.05, 3.63) is 0 Å². The molecule has 0 aromatic heterocycles. The van der Waals surface area contributed by atoms with Gasteiger partial charge < -0.3 is 15.3 Å². The molecule has 0 unspecified atom stereocenters. The summed E-state index contributed by atoms with van der Waals surface area (Å²) in [6, 6.07) is 0. The molecular weight excluding hydrogens is 144 g/mol. The largest absolute Gasteiger partial charge is 0.393 e. The van der Waals surface area contributed by atoms with Gasteiger partial charge in [0.05, 0.1) is 12.7 Å². The predicted molar refractivity (Wildman–Crippen MR) is 43.2 cm³/mol. The topological polar surface area (TPSA) is 60.7 Å². The van der Waals surface area contributed by atoms with E-state index in [1.165, 1.54) is 6.92 Å². The van der Waals surface area contributed by atoms with Crippen LogP contribution in [0.4, 0.5) is 0 Å². The lowest BCUT2D eigenvalue weighted by Gasteiger charge is -2.26. The minimum Gasteiger partial charge on any atom is -0.393 e. The van der Waals surface area contributed by atoms with Crippen LogP contribution in [0.25, 0.3) is 0 Å². The second-order valence-electron chi connectivity index (χ2n) is 3.17. The first-order valence-electron chi connectivity index (χ1n) is 4.06. The van der Waals surface area contributed by atoms with Crippen molar-refractivity contribution < 1.29 is 15.3 Å². The van der Waals surface area contributed by atoms with Crippen molar-refractivity contribution in [2.45, 2.75) is 44.8 Å². The molecule has 3 heteroatoms. The summed E-state index contributed by atoms with van der Waals surface area (Å²) in [5, 5.41) is 27.3. The molecule has 11 heavy (non-hydrogen) atoms. The smallest absolute Gasteiger partial charge is 0.111 e. The van der Waals surface area contributed by atoms with Gasteiger partial charge in [0.15, 0.2) is 0 Å². The molecule has 0 bridgehead atoms. The average Bonchev–Trinajstić information content (AvgIpc) is 2.00. The lowest BCUT2D eigenvalue weighted by molar-refractivity contribution is -0.0950. The van der Waals surface area contributed by atoms with E-state index in [1.54, 1.807) is 0 Å². The molecule has 0 amide bonds. The summed E-state index contributed by atoms with van der Waals surface area (Å²) in [7, 11) is 0. The van der Waals surface area contributed by atoms with E-state index in [9.17, 15) is 10.2 Å². The first-order valence-corrected chi connectivity index (χ1v) is 4.06. The zero-order valence-corrected chi connectivity index (χ0v) is 7.25. The van der Waals surface area contributed by atoms with Gasteiger partial charge in [-0.3, -0.25) is 0 Å². The number of unbranched alkanes of at least 4 members (excludes halogenated alkanes) is 1. The Morgan fingerprint density at radius 3 is 2.36 bits per heavy atom. The van der Waals surface area contributed by atoms with Crippen LogP contribution in [0.2, 0.25) is 0 Å². The molecule has 3 N–H and O–H groups in total. The zero-order valence-electron chi connectivity index (χ0n) is 7.25. The molecule has 0 saturated carbocycles. The SMILES string of the molecule is CCCC[C@H](O)[C@@](C)(O)CO. The lowest BCUT2D eigenvalue weighted by atomic mass is 9.96. The minimum atomic E-state index is -1.34. The van der Waals surface area contributed by atoms with Gasteiger partial charge in [-0.1, -0.05) is 19.8 Å². The number of hydrogen-bond acceptors (Lipinski definition) is 3. The van der Waals surface area contributed by atoms with Gasteiger partial charge in [-0.05, 0) is 13.3 Å². The quantitative estimate of drug-likeness (QED) is 0.544. The Morgan fingerprint density at radius 2 is 2.00 bits per heavy atom. The second kappa shape index (κ2) is 4.70. The van der Waals surface area contributed by atoms with Crippen molar-refractivity contribution in [1.29, 1.82) is 0 Å². The van der Waals surface area contributed by atoms with E-state index in [4.69, 9.17) is 5.11 Å². The molecule has 0 rings (SSSR count). The molecule has 0 aliphatic carbocycles. The van der Waals surface area contributed by atoms with Crippen LogP contribution in [0.5, 0.6) is 0 Å². The Kier molecular flexibility index (Phi) is 4.65. The number of aliphatic hydroxyl groups is 3. The van der Waals surface area contributed by atoms with Crippen LogP contribution in [0.1, 0.15) is 33.1 Å². The molecule has 68 valence electrons. The fourth-order valence-electron chi connectivity index (χ4n) is 0.814. The highest BCUT2D eigenvalue weighted by Gasteiger charge is 2.28. The summed E-state index contributed by atoms with van der Waals surface area (Å²) in [6.45, 7) is 3.06. The summed E-state index contributed by atoms with van der Waals surface area (Å²) in [4.78, 5) is 0. The first-order chi connectivity index (χ1) is 5.04. The van der Waals surface area contributed by atoms with Crippen LogP contribution in [-0.2, 0) is 0 Å². The van der Waals surface area contributed by atoms with Gasteiger partial charge in [0, 0.05) is 0 Å². The van der Waals surface area contributed by atoms with Gasteiger partial charge in [-0.15, -0.1) is 0 Å². The van der Waals surface area contributed by atoms with E-state index < -0.39 is 18.3 Å². The van der Waals surface area contributed by atoms with E-state index in [2.05, 4.69) is 0 Å². The van der Waals surface area contributed by atoms with E-state index in [1.807, 2.05) is 6.92 Å². The molecular formula is C8H18O3. The van der Waals surface area contributed by atoms with Crippen molar-refractivity contribution >= 4 is 0 Å². The maximum atomic E-state index is 9.32. The fraction of sp³-hybridized carbons (Fsp3) is 1.00. The van der Waals surface area contributed by atoms with Crippen molar-refractivity contribution in [2.75, 3.05) is 6.61 Å². The normalized spacial score (nSPS) is 19.4. The van der Waals surface area contributed by atoms with Crippen LogP contribution in [-0.4, -0.2) is 33.6 Å². The van der Waals surface area contributed by atoms with Crippen LogP contribution in [0.3, 0.4) is 0 Å². The first kappa shape index (κ1) is 10.9. The number of hydrogen-bond donors (Lipinski definition) is 3. The van der Waals surface area contributed by atoms with E-state index >= 15 is 0 Å². The van der Waals surface area contributed by atoms with Crippen LogP contribution in [0, 0.1) is 0 Å². The molecule has 0 aliphatic rings. The molecule has 0 fully saturated rings. The van der Waals surface area contributed by atoms with Crippen molar-refractivity contribution in [2.24, 2.45) is 0 Å². The highest BCUT2D eigenvalue weighted by Crippen LogP contribution is 2.14. The summed E-state index contributed by atoms with van der Waals surface area (Å²) < 4.78 is 0. The molecule has 2 atom stereocenters. The van der Waals surface area contributed by atoms with Crippen molar-refractivity contribution in [3.8, 4) is 0 Å². The number of rotatable bonds is 5. The molecule has 0 heterocycles. The maximum Gasteiger partial charge on any atom is 0.111 e. The fourth-order valence-corrected chi connectivity index (χ4v) is 0.814. The van der Waals surface area contributed by atoms with Gasteiger partial charge in [-0.25, -0.2) is 0 Å². The Labute approximate surface area is 67.7 Å².